The second kappa shape index (κ2) is 31.3. The molecule has 3 fully saturated rings. The molecule has 6 rings (SSSR count). The van der Waals surface area contributed by atoms with Gasteiger partial charge in [-0.05, 0) is 134 Å². The first-order valence-electron chi connectivity index (χ1n) is 26.0. The molecular weight excluding hydrogens is 1160 g/mol. The van der Waals surface area contributed by atoms with Crippen LogP contribution in [0.3, 0.4) is 0 Å². The van der Waals surface area contributed by atoms with Crippen molar-refractivity contribution >= 4 is 88.6 Å². The standard InChI is InChI=1S/C20H26F6N2O4S.C18H24N2O4S.C7H4ClNO2S.C6H13N.B5/c1-17(2,3)32-16(29)28(14-9-5-4-6-10-14)33(30,31)15-11-7-8-13(12-15)18(27,19(21,22)23)20(24,25)26;1-18(2,3)24-17(21)20(15-9-5-4-6-10-15)25(22,23)16-11-7-8-14(12-16)13-19;8-12(10,11)7-3-1-2-6(4-7)5-9;7-6-4-2-1-3-5-6;1-4-5(2)3/h7-8,11-12,14H,4-6,9-10,27H2,1-3H3;7-8,11-12,15H,4-6,9-10H2,1-3H3;1-4H;6H,1-5,7H2;. The van der Waals surface area contributed by atoms with Crippen molar-refractivity contribution in [2.24, 2.45) is 11.5 Å². The molecule has 0 heterocycles. The van der Waals surface area contributed by atoms with Crippen molar-refractivity contribution in [3.63, 3.8) is 0 Å². The van der Waals surface area contributed by atoms with E-state index in [1.807, 2.05) is 12.1 Å². The first kappa shape index (κ1) is 73.2. The molecule has 0 unspecified atom stereocenters. The number of ether oxygens (including phenoxy) is 2. The summed E-state index contributed by atoms with van der Waals surface area (Å²) in [6.07, 6.45) is -1.30. The monoisotopic (exact) mass is 1220 g/mol. The van der Waals surface area contributed by atoms with E-state index >= 15 is 0 Å². The summed E-state index contributed by atoms with van der Waals surface area (Å²) in [4.78, 5) is 24.5. The molecule has 7 radical (unpaired) electrons. The summed E-state index contributed by atoms with van der Waals surface area (Å²) in [5.41, 5.74) is 2.71. The largest absolute Gasteiger partial charge is 0.443 e. The third-order valence-electron chi connectivity index (χ3n) is 12.3. The number of alkyl halides is 6. The first-order chi connectivity index (χ1) is 37.7. The number of rotatable bonds is 9. The zero-order chi connectivity index (χ0) is 62.7. The average molecular weight is 1220 g/mol. The Balaban J connectivity index is 0.000000406. The van der Waals surface area contributed by atoms with Crippen LogP contribution in [0.2, 0.25) is 0 Å². The molecule has 3 saturated carbocycles. The SMILES string of the molecule is CC(C)(C)OC(=O)N(C1CCCCC1)S(=O)(=O)c1cccc(C#N)c1.CC(C)(C)OC(=O)N(C1CCCCC1)S(=O)(=O)c1cccc(C(N)(C(F)(F)F)C(F)(F)F)c1.N#Cc1cccc(S(=O)(=O)Cl)c1.NC1CCCCC1.[B][B]B([B])[B]. The van der Waals surface area contributed by atoms with E-state index < -0.39 is 99.3 Å². The number of hydrogen-bond acceptors (Lipinski definition) is 14. The lowest BCUT2D eigenvalue weighted by molar-refractivity contribution is -0.302. The molecule has 0 spiro atoms. The number of carbonyl (C=O) groups is 2. The highest BCUT2D eigenvalue weighted by atomic mass is 35.7. The highest BCUT2D eigenvalue weighted by Gasteiger charge is 2.69. The summed E-state index contributed by atoms with van der Waals surface area (Å²) in [5, 5.41) is 17.5. The molecule has 3 aliphatic carbocycles. The van der Waals surface area contributed by atoms with E-state index in [1.165, 1.54) is 108 Å². The average Bonchev–Trinajstić information content (AvgIpc) is 3.55. The van der Waals surface area contributed by atoms with E-state index in [2.05, 4.69) is 0 Å². The molecule has 4 N–H and O–H groups in total. The number of halogens is 7. The maximum Gasteiger partial charge on any atom is 0.424 e. The van der Waals surface area contributed by atoms with Gasteiger partial charge in [0.05, 0.1) is 50.0 Å². The van der Waals surface area contributed by atoms with Crippen molar-refractivity contribution in [2.75, 3.05) is 0 Å². The van der Waals surface area contributed by atoms with E-state index in [4.69, 9.17) is 65.4 Å². The molecule has 3 aromatic rings. The molecule has 0 bridgehead atoms. The zero-order valence-electron chi connectivity index (χ0n) is 46.6. The summed E-state index contributed by atoms with van der Waals surface area (Å²) in [7, 11) is 8.16. The van der Waals surface area contributed by atoms with E-state index in [0.717, 1.165) is 42.1 Å². The zero-order valence-corrected chi connectivity index (χ0v) is 49.8. The summed E-state index contributed by atoms with van der Waals surface area (Å²) in [6, 6.07) is 16.4. The third-order valence-corrected chi connectivity index (χ3v) is 17.3. The van der Waals surface area contributed by atoms with Gasteiger partial charge in [-0.2, -0.15) is 45.5 Å². The van der Waals surface area contributed by atoms with Gasteiger partial charge in [-0.1, -0.05) is 82.1 Å². The van der Waals surface area contributed by atoms with E-state index in [9.17, 15) is 61.2 Å². The molecular formula is C51H67B5ClF6N6O10S3. The Morgan fingerprint density at radius 1 is 0.610 bits per heavy atom. The van der Waals surface area contributed by atoms with Crippen LogP contribution in [-0.2, 0) is 44.1 Å². The van der Waals surface area contributed by atoms with Crippen molar-refractivity contribution in [3.05, 3.63) is 89.5 Å². The number of nitrogens with zero attached hydrogens (tertiary/aromatic N) is 4. The smallest absolute Gasteiger partial charge is 0.424 e. The highest BCUT2D eigenvalue weighted by Crippen LogP contribution is 2.48. The van der Waals surface area contributed by atoms with E-state index in [0.29, 0.717) is 42.1 Å². The van der Waals surface area contributed by atoms with Gasteiger partial charge >= 0.3 is 24.5 Å². The molecule has 0 saturated heterocycles. The molecule has 2 amide bonds. The van der Waals surface area contributed by atoms with Crippen LogP contribution in [0.1, 0.15) is 155 Å². The summed E-state index contributed by atoms with van der Waals surface area (Å²) in [6.45, 7) is 9.58. The van der Waals surface area contributed by atoms with Crippen LogP contribution in [0.25, 0.3) is 0 Å². The van der Waals surface area contributed by atoms with Gasteiger partial charge in [-0.25, -0.2) is 34.8 Å². The van der Waals surface area contributed by atoms with Gasteiger partial charge in [-0.15, -0.1) is 0 Å². The third kappa shape index (κ3) is 22.6. The minimum Gasteiger partial charge on any atom is -0.443 e. The van der Waals surface area contributed by atoms with Crippen LogP contribution < -0.4 is 11.5 Å². The Labute approximate surface area is 488 Å². The second-order valence-electron chi connectivity index (χ2n) is 21.4. The Kier molecular flexibility index (Phi) is 28.0. The quantitative estimate of drug-likeness (QED) is 0.115. The molecule has 3 aromatic carbocycles. The summed E-state index contributed by atoms with van der Waals surface area (Å²) in [5.74, 6) is 0. The number of nitrogens with two attached hydrogens (primary N) is 2. The lowest BCUT2D eigenvalue weighted by Gasteiger charge is -2.36. The van der Waals surface area contributed by atoms with E-state index in [1.54, 1.807) is 20.8 Å². The van der Waals surface area contributed by atoms with Crippen molar-refractivity contribution < 1.29 is 70.7 Å². The predicted octanol–water partition coefficient (Wildman–Crippen LogP) is 9.90. The Bertz CT molecular complexity index is 2990. The van der Waals surface area contributed by atoms with Gasteiger partial charge in [0.1, 0.15) is 11.2 Å². The van der Waals surface area contributed by atoms with Gasteiger partial charge in [0.25, 0.3) is 29.1 Å². The number of amides is 2. The number of nitriles is 2. The van der Waals surface area contributed by atoms with Crippen LogP contribution in [0.15, 0.2) is 87.5 Å². The fourth-order valence-electron chi connectivity index (χ4n) is 8.33. The van der Waals surface area contributed by atoms with Gasteiger partial charge < -0.3 is 20.9 Å². The number of benzene rings is 3. The van der Waals surface area contributed by atoms with Gasteiger partial charge in [0.2, 0.25) is 5.54 Å². The maximum atomic E-state index is 13.4. The first-order valence-corrected chi connectivity index (χ1v) is 31.2. The van der Waals surface area contributed by atoms with Crippen molar-refractivity contribution in [1.82, 2.24) is 8.61 Å². The van der Waals surface area contributed by atoms with Crippen LogP contribution in [-0.4, -0.2) is 124 Å². The summed E-state index contributed by atoms with van der Waals surface area (Å²) >= 11 is 0. The molecule has 0 aliphatic heterocycles. The lowest BCUT2D eigenvalue weighted by atomic mass is 8.97. The maximum absolute atomic E-state index is 13.4. The predicted molar refractivity (Wildman–Crippen MR) is 304 cm³/mol. The molecule has 443 valence electrons. The normalized spacial score (nSPS) is 15.9. The van der Waals surface area contributed by atoms with Gasteiger partial charge in [0.15, 0.2) is 0 Å². The van der Waals surface area contributed by atoms with Crippen molar-refractivity contribution in [1.29, 1.82) is 10.5 Å². The Morgan fingerprint density at radius 2 is 0.927 bits per heavy atom. The van der Waals surface area contributed by atoms with Crippen molar-refractivity contribution in [2.45, 2.75) is 200 Å². The van der Waals surface area contributed by atoms with E-state index in [-0.39, 0.29) is 39.8 Å². The molecule has 82 heavy (non-hydrogen) atoms. The second-order valence-corrected chi connectivity index (χ2v) is 27.6. The molecule has 16 nitrogen and oxygen atoms in total. The minimum absolute atomic E-state index is 0.0526. The van der Waals surface area contributed by atoms with Crippen LogP contribution in [0, 0.1) is 22.7 Å². The van der Waals surface area contributed by atoms with Crippen molar-refractivity contribution in [3.8, 4) is 12.1 Å². The highest BCUT2D eigenvalue weighted by molar-refractivity contribution is 8.13. The number of carbonyl (C=O) groups excluding carboxylic acids is 2. The van der Waals surface area contributed by atoms with Gasteiger partial charge in [0, 0.05) is 53.4 Å². The number of sulfonamides is 2. The van der Waals surface area contributed by atoms with Crippen LogP contribution in [0.4, 0.5) is 35.9 Å². The topological polar surface area (TPSA) is 261 Å². The molecule has 0 aromatic heterocycles. The number of hydrogen-bond donors (Lipinski definition) is 2. The lowest BCUT2D eigenvalue weighted by Crippen LogP contribution is -2.60. The molecule has 0 atom stereocenters. The van der Waals surface area contributed by atoms with Crippen LogP contribution in [0.5, 0.6) is 0 Å². The fourth-order valence-corrected chi connectivity index (χ4v) is 12.3. The Hall–Kier alpha value is -4.86. The minimum atomic E-state index is -5.97. The fraction of sp³-hybridized carbons (Fsp3) is 0.569. The molecule has 31 heteroatoms. The summed E-state index contributed by atoms with van der Waals surface area (Å²) < 4.78 is 167. The van der Waals surface area contributed by atoms with Crippen LogP contribution >= 0.6 is 10.7 Å². The van der Waals surface area contributed by atoms with Gasteiger partial charge in [-0.3, -0.25) is 0 Å². The Morgan fingerprint density at radius 3 is 1.22 bits per heavy atom. The molecule has 3 aliphatic rings.